The molecule has 0 unspecified atom stereocenters. The summed E-state index contributed by atoms with van der Waals surface area (Å²) in [6, 6.07) is 5.21. The predicted molar refractivity (Wildman–Crippen MR) is 53.6 cm³/mol. The lowest BCUT2D eigenvalue weighted by molar-refractivity contribution is 0.244. The first-order valence-electron chi connectivity index (χ1n) is 4.18. The molecule has 0 atom stereocenters. The molecule has 0 spiro atoms. The van der Waals surface area contributed by atoms with E-state index in [-0.39, 0.29) is 6.08 Å². The van der Waals surface area contributed by atoms with E-state index >= 15 is 0 Å². The molecule has 2 aromatic rings. The first-order chi connectivity index (χ1) is 6.79. The molecule has 0 saturated carbocycles. The van der Waals surface area contributed by atoms with Crippen LogP contribution in [0.5, 0.6) is 6.08 Å². The zero-order valence-corrected chi connectivity index (χ0v) is 8.12. The van der Waals surface area contributed by atoms with Crippen LogP contribution in [0.1, 0.15) is 0 Å². The number of hydrogen-bond acceptors (Lipinski definition) is 4. The van der Waals surface area contributed by atoms with Crippen molar-refractivity contribution in [2.45, 2.75) is 0 Å². The normalized spacial score (nSPS) is 10.7. The van der Waals surface area contributed by atoms with Crippen LogP contribution in [-0.4, -0.2) is 18.1 Å². The molecule has 4 nitrogen and oxygen atoms in total. The van der Waals surface area contributed by atoms with Gasteiger partial charge in [0.2, 0.25) is 0 Å². The Hall–Kier alpha value is -1.26. The Morgan fingerprint density at radius 3 is 3.14 bits per heavy atom. The van der Waals surface area contributed by atoms with Crippen molar-refractivity contribution in [3.8, 4) is 6.08 Å². The van der Waals surface area contributed by atoms with E-state index in [9.17, 15) is 0 Å². The molecule has 0 bridgehead atoms. The van der Waals surface area contributed by atoms with Crippen molar-refractivity contribution in [3.63, 3.8) is 0 Å². The van der Waals surface area contributed by atoms with E-state index < -0.39 is 0 Å². The Labute approximate surface area is 85.6 Å². The average molecular weight is 213 g/mol. The fraction of sp³-hybridized carbons (Fsp3) is 0.222. The average Bonchev–Trinajstić information content (AvgIpc) is 2.56. The van der Waals surface area contributed by atoms with E-state index in [4.69, 9.17) is 26.5 Å². The molecule has 0 aliphatic carbocycles. The van der Waals surface area contributed by atoms with Gasteiger partial charge in [0.25, 0.3) is 0 Å². The van der Waals surface area contributed by atoms with Crippen LogP contribution >= 0.6 is 11.6 Å². The van der Waals surface area contributed by atoms with Gasteiger partial charge in [-0.15, -0.1) is 0 Å². The minimum atomic E-state index is 0.229. The lowest BCUT2D eigenvalue weighted by Crippen LogP contribution is -2.10. The van der Waals surface area contributed by atoms with Crippen molar-refractivity contribution < 1.29 is 9.15 Å². The number of nitrogens with zero attached hydrogens (tertiary/aromatic N) is 1. The van der Waals surface area contributed by atoms with Crippen LogP contribution in [0.2, 0.25) is 5.02 Å². The van der Waals surface area contributed by atoms with Crippen LogP contribution < -0.4 is 10.5 Å². The number of ether oxygens (including phenoxy) is 1. The van der Waals surface area contributed by atoms with E-state index in [0.717, 1.165) is 0 Å². The van der Waals surface area contributed by atoms with Crippen LogP contribution in [-0.2, 0) is 0 Å². The van der Waals surface area contributed by atoms with Gasteiger partial charge in [0.15, 0.2) is 5.58 Å². The minimum Gasteiger partial charge on any atom is -0.449 e. The van der Waals surface area contributed by atoms with Crippen molar-refractivity contribution in [2.24, 2.45) is 5.73 Å². The van der Waals surface area contributed by atoms with Crippen molar-refractivity contribution in [1.82, 2.24) is 4.98 Å². The van der Waals surface area contributed by atoms with Gasteiger partial charge in [-0.05, 0) is 18.2 Å². The van der Waals surface area contributed by atoms with Gasteiger partial charge in [-0.25, -0.2) is 0 Å². The van der Waals surface area contributed by atoms with Crippen LogP contribution in [0, 0.1) is 0 Å². The van der Waals surface area contributed by atoms with Crippen molar-refractivity contribution in [1.29, 1.82) is 0 Å². The van der Waals surface area contributed by atoms with Crippen molar-refractivity contribution in [2.75, 3.05) is 13.2 Å². The number of hydrogen-bond donors (Lipinski definition) is 1. The number of fused-ring (bicyclic) bond motifs is 1. The smallest absolute Gasteiger partial charge is 0.394 e. The molecule has 14 heavy (non-hydrogen) atoms. The molecule has 0 aliphatic rings. The number of rotatable bonds is 3. The van der Waals surface area contributed by atoms with E-state index in [1.165, 1.54) is 0 Å². The predicted octanol–water partition coefficient (Wildman–Crippen LogP) is 1.82. The van der Waals surface area contributed by atoms with Crippen molar-refractivity contribution >= 4 is 22.7 Å². The van der Waals surface area contributed by atoms with Crippen LogP contribution in [0.25, 0.3) is 11.1 Å². The largest absolute Gasteiger partial charge is 0.449 e. The highest BCUT2D eigenvalue weighted by molar-refractivity contribution is 6.31. The molecule has 2 N–H and O–H groups in total. The summed E-state index contributed by atoms with van der Waals surface area (Å²) in [6.07, 6.45) is 0.229. The van der Waals surface area contributed by atoms with Gasteiger partial charge in [-0.1, -0.05) is 11.6 Å². The van der Waals surface area contributed by atoms with Gasteiger partial charge in [-0.2, -0.15) is 4.98 Å². The highest BCUT2D eigenvalue weighted by Gasteiger charge is 2.06. The molecule has 0 amide bonds. The summed E-state index contributed by atoms with van der Waals surface area (Å²) in [7, 11) is 0. The monoisotopic (exact) mass is 212 g/mol. The Balaban J connectivity index is 2.32. The number of benzene rings is 1. The standard InChI is InChI=1S/C9H9ClN2O2/c10-6-1-2-8-7(5-6)12-9(14-8)13-4-3-11/h1-2,5H,3-4,11H2. The third-order valence-corrected chi connectivity index (χ3v) is 1.91. The van der Waals surface area contributed by atoms with Gasteiger partial charge < -0.3 is 14.9 Å². The SMILES string of the molecule is NCCOc1nc2cc(Cl)ccc2o1. The lowest BCUT2D eigenvalue weighted by atomic mass is 10.3. The molecular formula is C9H9ClN2O2. The Kier molecular flexibility index (Phi) is 2.56. The van der Waals surface area contributed by atoms with Gasteiger partial charge in [-0.3, -0.25) is 0 Å². The second-order valence-corrected chi connectivity index (χ2v) is 3.17. The van der Waals surface area contributed by atoms with Gasteiger partial charge in [0, 0.05) is 11.6 Å². The highest BCUT2D eigenvalue weighted by Crippen LogP contribution is 2.23. The van der Waals surface area contributed by atoms with E-state index in [1.54, 1.807) is 18.2 Å². The van der Waals surface area contributed by atoms with E-state index in [1.807, 2.05) is 0 Å². The minimum absolute atomic E-state index is 0.229. The second kappa shape index (κ2) is 3.86. The van der Waals surface area contributed by atoms with E-state index in [0.29, 0.717) is 29.3 Å². The lowest BCUT2D eigenvalue weighted by Gasteiger charge is -1.94. The molecular weight excluding hydrogens is 204 g/mol. The summed E-state index contributed by atoms with van der Waals surface area (Å²) in [6.45, 7) is 0.819. The van der Waals surface area contributed by atoms with Gasteiger partial charge in [0.05, 0.1) is 0 Å². The maximum Gasteiger partial charge on any atom is 0.394 e. The molecule has 1 aromatic heterocycles. The summed E-state index contributed by atoms with van der Waals surface area (Å²) in [5.41, 5.74) is 6.62. The van der Waals surface area contributed by atoms with Crippen molar-refractivity contribution in [3.05, 3.63) is 23.2 Å². The Morgan fingerprint density at radius 2 is 2.36 bits per heavy atom. The molecule has 74 valence electrons. The molecule has 0 fully saturated rings. The summed E-state index contributed by atoms with van der Waals surface area (Å²) < 4.78 is 10.4. The highest BCUT2D eigenvalue weighted by atomic mass is 35.5. The third kappa shape index (κ3) is 1.81. The number of aromatic nitrogens is 1. The van der Waals surface area contributed by atoms with Crippen LogP contribution in [0.4, 0.5) is 0 Å². The van der Waals surface area contributed by atoms with Crippen LogP contribution in [0.3, 0.4) is 0 Å². The van der Waals surface area contributed by atoms with Gasteiger partial charge in [0.1, 0.15) is 12.1 Å². The van der Waals surface area contributed by atoms with Crippen LogP contribution in [0.15, 0.2) is 22.6 Å². The second-order valence-electron chi connectivity index (χ2n) is 2.73. The quantitative estimate of drug-likeness (QED) is 0.843. The molecule has 1 heterocycles. The molecule has 1 aromatic carbocycles. The maximum absolute atomic E-state index is 5.79. The van der Waals surface area contributed by atoms with Gasteiger partial charge >= 0.3 is 6.08 Å². The molecule has 2 rings (SSSR count). The topological polar surface area (TPSA) is 61.3 Å². The number of nitrogens with two attached hydrogens (primary N) is 1. The third-order valence-electron chi connectivity index (χ3n) is 1.67. The summed E-state index contributed by atoms with van der Waals surface area (Å²) in [5, 5.41) is 0.621. The molecule has 5 heteroatoms. The summed E-state index contributed by atoms with van der Waals surface area (Å²) in [4.78, 5) is 4.08. The fourth-order valence-electron chi connectivity index (χ4n) is 1.09. The fourth-order valence-corrected chi connectivity index (χ4v) is 1.25. The Morgan fingerprint density at radius 1 is 1.50 bits per heavy atom. The zero-order chi connectivity index (χ0) is 9.97. The first-order valence-corrected chi connectivity index (χ1v) is 4.56. The maximum atomic E-state index is 5.79. The summed E-state index contributed by atoms with van der Waals surface area (Å²) in [5.74, 6) is 0. The summed E-state index contributed by atoms with van der Waals surface area (Å²) >= 11 is 5.79. The molecule has 0 radical (unpaired) electrons. The zero-order valence-electron chi connectivity index (χ0n) is 7.37. The number of oxazole rings is 1. The molecule has 0 saturated heterocycles. The molecule has 0 aliphatic heterocycles. The first kappa shape index (κ1) is 9.30. The van der Waals surface area contributed by atoms with E-state index in [2.05, 4.69) is 4.98 Å². The number of halogens is 1. The Bertz CT molecular complexity index is 441.